The Kier molecular flexibility index (Phi) is 3.28. The molecule has 0 amide bonds. The van der Waals surface area contributed by atoms with E-state index in [1.54, 1.807) is 19.9 Å². The Bertz CT molecular complexity index is 380. The molecule has 1 nitrogen and oxygen atoms in total. The molecule has 0 spiro atoms. The van der Waals surface area contributed by atoms with Crippen LogP contribution in [0.3, 0.4) is 0 Å². The van der Waals surface area contributed by atoms with Crippen LogP contribution >= 0.6 is 0 Å². The Morgan fingerprint density at radius 3 is 2.47 bits per heavy atom. The number of aryl methyl sites for hydroxylation is 1. The minimum absolute atomic E-state index is 0.155. The number of rotatable bonds is 3. The van der Waals surface area contributed by atoms with Gasteiger partial charge in [0.15, 0.2) is 0 Å². The average Bonchev–Trinajstić information content (AvgIpc) is 2.07. The van der Waals surface area contributed by atoms with Crippen LogP contribution in [0.25, 0.3) is 0 Å². The quantitative estimate of drug-likeness (QED) is 0.744. The van der Waals surface area contributed by atoms with Gasteiger partial charge in [0.25, 0.3) is 0 Å². The molecule has 0 radical (unpaired) electrons. The number of Topliss-reactive ketones (excluding diaryl/α,β-unsaturated/α-hetero) is 1. The molecule has 0 unspecified atom stereocenters. The first-order valence-corrected chi connectivity index (χ1v) is 5.09. The van der Waals surface area contributed by atoms with Crippen LogP contribution in [-0.4, -0.2) is 5.78 Å². The van der Waals surface area contributed by atoms with Gasteiger partial charge in [0.05, 0.1) is 0 Å². The predicted molar refractivity (Wildman–Crippen MR) is 59.5 cm³/mol. The summed E-state index contributed by atoms with van der Waals surface area (Å²) >= 11 is 0. The molecule has 0 aliphatic heterocycles. The molecule has 1 rings (SSSR count). The standard InChI is InChI=1S/C13H17FO/c1-9-7-11(5-6-12(9)14)13(3,4)8-10(2)15/h5-7H,8H2,1-4H3. The minimum Gasteiger partial charge on any atom is -0.300 e. The van der Waals surface area contributed by atoms with Gasteiger partial charge in [-0.3, -0.25) is 4.79 Å². The second kappa shape index (κ2) is 4.13. The van der Waals surface area contributed by atoms with Crippen LogP contribution in [0, 0.1) is 12.7 Å². The summed E-state index contributed by atoms with van der Waals surface area (Å²) in [5.41, 5.74) is 1.42. The van der Waals surface area contributed by atoms with E-state index in [1.165, 1.54) is 6.07 Å². The maximum absolute atomic E-state index is 13.1. The Hall–Kier alpha value is -1.18. The van der Waals surface area contributed by atoms with E-state index in [4.69, 9.17) is 0 Å². The van der Waals surface area contributed by atoms with Crippen LogP contribution in [0.4, 0.5) is 4.39 Å². The van der Waals surface area contributed by atoms with Crippen molar-refractivity contribution >= 4 is 5.78 Å². The van der Waals surface area contributed by atoms with Gasteiger partial charge in [0.2, 0.25) is 0 Å². The SMILES string of the molecule is CC(=O)CC(C)(C)c1ccc(F)c(C)c1. The third kappa shape index (κ3) is 2.88. The smallest absolute Gasteiger partial charge is 0.130 e. The fourth-order valence-corrected chi connectivity index (χ4v) is 1.79. The number of carbonyl (C=O) groups is 1. The molecule has 1 aromatic rings. The number of hydrogen-bond acceptors (Lipinski definition) is 1. The Balaban J connectivity index is 3.04. The predicted octanol–water partition coefficient (Wildman–Crippen LogP) is 3.39. The van der Waals surface area contributed by atoms with E-state index in [0.29, 0.717) is 12.0 Å². The van der Waals surface area contributed by atoms with Crippen molar-refractivity contribution < 1.29 is 9.18 Å². The third-order valence-corrected chi connectivity index (χ3v) is 2.63. The second-order valence-electron chi connectivity index (χ2n) is 4.73. The van der Waals surface area contributed by atoms with Gasteiger partial charge < -0.3 is 0 Å². The number of carbonyl (C=O) groups excluding carboxylic acids is 1. The molecule has 0 aliphatic carbocycles. The van der Waals surface area contributed by atoms with Gasteiger partial charge in [-0.25, -0.2) is 4.39 Å². The van der Waals surface area contributed by atoms with E-state index in [2.05, 4.69) is 0 Å². The fourth-order valence-electron chi connectivity index (χ4n) is 1.79. The van der Waals surface area contributed by atoms with Crippen molar-refractivity contribution in [3.8, 4) is 0 Å². The van der Waals surface area contributed by atoms with Crippen molar-refractivity contribution in [3.05, 3.63) is 35.1 Å². The van der Waals surface area contributed by atoms with Gasteiger partial charge in [-0.05, 0) is 36.5 Å². The number of hydrogen-bond donors (Lipinski definition) is 0. The zero-order valence-electron chi connectivity index (χ0n) is 9.73. The maximum Gasteiger partial charge on any atom is 0.130 e. The minimum atomic E-state index is -0.218. The largest absolute Gasteiger partial charge is 0.300 e. The van der Waals surface area contributed by atoms with Crippen molar-refractivity contribution in [2.24, 2.45) is 0 Å². The summed E-state index contributed by atoms with van der Waals surface area (Å²) in [5.74, 6) is -0.0423. The molecule has 15 heavy (non-hydrogen) atoms. The van der Waals surface area contributed by atoms with Crippen LogP contribution in [0.5, 0.6) is 0 Å². The normalized spacial score (nSPS) is 11.5. The average molecular weight is 208 g/mol. The second-order valence-corrected chi connectivity index (χ2v) is 4.73. The molecule has 0 N–H and O–H groups in total. The Labute approximate surface area is 90.3 Å². The van der Waals surface area contributed by atoms with Gasteiger partial charge in [0.1, 0.15) is 11.6 Å². The summed E-state index contributed by atoms with van der Waals surface area (Å²) in [6, 6.07) is 5.04. The molecule has 2 heteroatoms. The van der Waals surface area contributed by atoms with Crippen LogP contribution in [-0.2, 0) is 10.2 Å². The number of halogens is 1. The molecular formula is C13H17FO. The summed E-state index contributed by atoms with van der Waals surface area (Å²) < 4.78 is 13.1. The highest BCUT2D eigenvalue weighted by Crippen LogP contribution is 2.28. The molecule has 0 bridgehead atoms. The van der Waals surface area contributed by atoms with Crippen LogP contribution in [0.2, 0.25) is 0 Å². The Morgan fingerprint density at radius 2 is 2.00 bits per heavy atom. The lowest BCUT2D eigenvalue weighted by molar-refractivity contribution is -0.118. The zero-order chi connectivity index (χ0) is 11.6. The summed E-state index contributed by atoms with van der Waals surface area (Å²) in [6.45, 7) is 7.32. The van der Waals surface area contributed by atoms with E-state index in [-0.39, 0.29) is 17.0 Å². The van der Waals surface area contributed by atoms with Crippen LogP contribution < -0.4 is 0 Å². The fraction of sp³-hybridized carbons (Fsp3) is 0.462. The lowest BCUT2D eigenvalue weighted by Gasteiger charge is -2.24. The van der Waals surface area contributed by atoms with E-state index in [0.717, 1.165) is 5.56 Å². The Morgan fingerprint density at radius 1 is 1.40 bits per heavy atom. The van der Waals surface area contributed by atoms with E-state index >= 15 is 0 Å². The molecule has 1 aromatic carbocycles. The summed E-state index contributed by atoms with van der Waals surface area (Å²) in [4.78, 5) is 11.1. The van der Waals surface area contributed by atoms with Gasteiger partial charge in [-0.15, -0.1) is 0 Å². The highest BCUT2D eigenvalue weighted by molar-refractivity contribution is 5.77. The van der Waals surface area contributed by atoms with Gasteiger partial charge in [0, 0.05) is 6.42 Å². The van der Waals surface area contributed by atoms with Crippen molar-refractivity contribution in [2.75, 3.05) is 0 Å². The molecule has 0 fully saturated rings. The molecule has 0 aliphatic rings. The molecule has 0 aromatic heterocycles. The van der Waals surface area contributed by atoms with Crippen molar-refractivity contribution in [2.45, 2.75) is 39.5 Å². The monoisotopic (exact) mass is 208 g/mol. The van der Waals surface area contributed by atoms with Crippen molar-refractivity contribution in [1.29, 1.82) is 0 Å². The topological polar surface area (TPSA) is 17.1 Å². The molecular weight excluding hydrogens is 191 g/mol. The van der Waals surface area contributed by atoms with Gasteiger partial charge >= 0.3 is 0 Å². The van der Waals surface area contributed by atoms with E-state index in [1.807, 2.05) is 19.9 Å². The number of ketones is 1. The molecule has 82 valence electrons. The summed E-state index contributed by atoms with van der Waals surface area (Å²) in [7, 11) is 0. The van der Waals surface area contributed by atoms with Crippen molar-refractivity contribution in [3.63, 3.8) is 0 Å². The first-order chi connectivity index (χ1) is 6.83. The van der Waals surface area contributed by atoms with E-state index in [9.17, 15) is 9.18 Å². The van der Waals surface area contributed by atoms with Gasteiger partial charge in [-0.2, -0.15) is 0 Å². The summed E-state index contributed by atoms with van der Waals surface area (Å²) in [5, 5.41) is 0. The van der Waals surface area contributed by atoms with Gasteiger partial charge in [-0.1, -0.05) is 26.0 Å². The van der Waals surface area contributed by atoms with Crippen LogP contribution in [0.1, 0.15) is 38.3 Å². The maximum atomic E-state index is 13.1. The highest BCUT2D eigenvalue weighted by atomic mass is 19.1. The first-order valence-electron chi connectivity index (χ1n) is 5.09. The summed E-state index contributed by atoms with van der Waals surface area (Å²) in [6.07, 6.45) is 0.484. The van der Waals surface area contributed by atoms with Crippen LogP contribution in [0.15, 0.2) is 18.2 Å². The lowest BCUT2D eigenvalue weighted by atomic mass is 9.80. The van der Waals surface area contributed by atoms with Crippen molar-refractivity contribution in [1.82, 2.24) is 0 Å². The third-order valence-electron chi connectivity index (χ3n) is 2.63. The highest BCUT2D eigenvalue weighted by Gasteiger charge is 2.22. The molecule has 0 saturated carbocycles. The van der Waals surface area contributed by atoms with E-state index < -0.39 is 0 Å². The number of benzene rings is 1. The molecule has 0 atom stereocenters. The zero-order valence-corrected chi connectivity index (χ0v) is 9.73. The molecule has 0 saturated heterocycles. The molecule has 0 heterocycles. The first kappa shape index (κ1) is 11.9. The lowest BCUT2D eigenvalue weighted by Crippen LogP contribution is -2.20.